The Kier molecular flexibility index (Phi) is 4.40. The van der Waals surface area contributed by atoms with E-state index < -0.39 is 10.5 Å². The predicted octanol–water partition coefficient (Wildman–Crippen LogP) is 2.70. The smallest absolute Gasteiger partial charge is 0.270 e. The summed E-state index contributed by atoms with van der Waals surface area (Å²) in [6.07, 6.45) is 1.72. The molecule has 7 nitrogen and oxygen atoms in total. The van der Waals surface area contributed by atoms with E-state index in [1.165, 1.54) is 30.0 Å². The second-order valence-corrected chi connectivity index (χ2v) is 5.48. The van der Waals surface area contributed by atoms with Crippen molar-refractivity contribution in [3.8, 4) is 17.3 Å². The van der Waals surface area contributed by atoms with Gasteiger partial charge in [-0.3, -0.25) is 14.9 Å². The standard InChI is InChI=1S/C12H7BrN4O3S/c1-21-12-15-10(8(5-14)11(18)16-12)7-4-6(17(19)20)2-3-9(7)13/h2-4H,1H3,(H,15,16,18). The molecule has 0 radical (unpaired) electrons. The maximum atomic E-state index is 11.9. The highest BCUT2D eigenvalue weighted by Crippen LogP contribution is 2.32. The molecule has 106 valence electrons. The van der Waals surface area contributed by atoms with Gasteiger partial charge in [-0.25, -0.2) is 4.98 Å². The summed E-state index contributed by atoms with van der Waals surface area (Å²) >= 11 is 4.46. The van der Waals surface area contributed by atoms with Crippen LogP contribution in [0.4, 0.5) is 5.69 Å². The molecule has 0 amide bonds. The Labute approximate surface area is 131 Å². The molecule has 0 saturated heterocycles. The summed E-state index contributed by atoms with van der Waals surface area (Å²) in [4.78, 5) is 28.9. The number of nitro groups is 1. The molecule has 0 fully saturated rings. The van der Waals surface area contributed by atoms with Crippen LogP contribution in [0.3, 0.4) is 0 Å². The minimum absolute atomic E-state index is 0.112. The molecule has 0 saturated carbocycles. The van der Waals surface area contributed by atoms with Crippen molar-refractivity contribution in [3.63, 3.8) is 0 Å². The molecule has 0 aliphatic heterocycles. The van der Waals surface area contributed by atoms with Crippen molar-refractivity contribution >= 4 is 33.4 Å². The number of benzene rings is 1. The number of nitrogens with one attached hydrogen (secondary N) is 1. The third-order valence-electron chi connectivity index (χ3n) is 2.62. The number of halogens is 1. The van der Waals surface area contributed by atoms with Gasteiger partial charge in [0, 0.05) is 22.2 Å². The number of hydrogen-bond acceptors (Lipinski definition) is 6. The number of hydrogen-bond donors (Lipinski definition) is 1. The van der Waals surface area contributed by atoms with Crippen molar-refractivity contribution in [2.45, 2.75) is 5.16 Å². The van der Waals surface area contributed by atoms with Crippen LogP contribution >= 0.6 is 27.7 Å². The molecular formula is C12H7BrN4O3S. The van der Waals surface area contributed by atoms with Gasteiger partial charge in [0.05, 0.1) is 10.6 Å². The van der Waals surface area contributed by atoms with Gasteiger partial charge in [0.1, 0.15) is 11.6 Å². The van der Waals surface area contributed by atoms with Crippen LogP contribution in [0.5, 0.6) is 0 Å². The molecule has 0 aliphatic rings. The monoisotopic (exact) mass is 366 g/mol. The summed E-state index contributed by atoms with van der Waals surface area (Å²) in [6.45, 7) is 0. The Hall–Kier alpha value is -2.18. The molecule has 2 aromatic rings. The highest BCUT2D eigenvalue weighted by Gasteiger charge is 2.18. The van der Waals surface area contributed by atoms with Crippen LogP contribution < -0.4 is 5.56 Å². The zero-order chi connectivity index (χ0) is 15.6. The Balaban J connectivity index is 2.80. The number of nitro benzene ring substituents is 1. The van der Waals surface area contributed by atoms with Crippen molar-refractivity contribution in [1.82, 2.24) is 9.97 Å². The lowest BCUT2D eigenvalue weighted by Crippen LogP contribution is -2.14. The largest absolute Gasteiger partial charge is 0.300 e. The molecule has 1 aromatic carbocycles. The first-order chi connectivity index (χ1) is 9.97. The van der Waals surface area contributed by atoms with E-state index in [-0.39, 0.29) is 16.9 Å². The summed E-state index contributed by atoms with van der Waals surface area (Å²) in [6, 6.07) is 5.86. The molecule has 1 aromatic heterocycles. The SMILES string of the molecule is CSc1nc(-c2cc([N+](=O)[O-])ccc2Br)c(C#N)c(=O)[nH]1. The zero-order valence-electron chi connectivity index (χ0n) is 10.6. The molecule has 2 rings (SSSR count). The van der Waals surface area contributed by atoms with Crippen LogP contribution in [-0.2, 0) is 0 Å². The Morgan fingerprint density at radius 1 is 1.52 bits per heavy atom. The normalized spacial score (nSPS) is 10.1. The first-order valence-electron chi connectivity index (χ1n) is 5.50. The van der Waals surface area contributed by atoms with Crippen LogP contribution in [0.1, 0.15) is 5.56 Å². The van der Waals surface area contributed by atoms with E-state index in [1.807, 2.05) is 0 Å². The first kappa shape index (κ1) is 15.2. The van der Waals surface area contributed by atoms with E-state index in [0.29, 0.717) is 15.2 Å². The van der Waals surface area contributed by atoms with Gasteiger partial charge in [0.25, 0.3) is 11.2 Å². The minimum atomic E-state index is -0.578. The summed E-state index contributed by atoms with van der Waals surface area (Å²) in [5.41, 5.74) is -0.479. The van der Waals surface area contributed by atoms with Gasteiger partial charge in [-0.1, -0.05) is 27.7 Å². The number of nitrogens with zero attached hydrogens (tertiary/aromatic N) is 3. The molecule has 0 atom stereocenters. The molecule has 1 N–H and O–H groups in total. The molecule has 0 spiro atoms. The van der Waals surface area contributed by atoms with Gasteiger partial charge in [0.15, 0.2) is 5.16 Å². The van der Waals surface area contributed by atoms with Crippen LogP contribution in [0.2, 0.25) is 0 Å². The fourth-order valence-corrected chi connectivity index (χ4v) is 2.47. The molecule has 9 heteroatoms. The van der Waals surface area contributed by atoms with E-state index in [0.717, 1.165) is 0 Å². The molecule has 1 heterocycles. The summed E-state index contributed by atoms with van der Waals surface area (Å²) < 4.78 is 0.509. The molecular weight excluding hydrogens is 360 g/mol. The van der Waals surface area contributed by atoms with Gasteiger partial charge >= 0.3 is 0 Å². The second kappa shape index (κ2) is 6.07. The molecule has 0 aliphatic carbocycles. The number of non-ortho nitro benzene ring substituents is 1. The maximum absolute atomic E-state index is 11.9. The van der Waals surface area contributed by atoms with Gasteiger partial charge in [-0.15, -0.1) is 0 Å². The average molecular weight is 367 g/mol. The Morgan fingerprint density at radius 3 is 2.81 bits per heavy atom. The van der Waals surface area contributed by atoms with E-state index in [4.69, 9.17) is 5.26 Å². The first-order valence-corrected chi connectivity index (χ1v) is 7.52. The quantitative estimate of drug-likeness (QED) is 0.386. The summed E-state index contributed by atoms with van der Waals surface area (Å²) in [5.74, 6) is 0. The maximum Gasteiger partial charge on any atom is 0.270 e. The Bertz CT molecular complexity index is 828. The number of rotatable bonds is 3. The van der Waals surface area contributed by atoms with Crippen LogP contribution in [0.25, 0.3) is 11.3 Å². The van der Waals surface area contributed by atoms with Crippen molar-refractivity contribution in [2.24, 2.45) is 0 Å². The van der Waals surface area contributed by atoms with Crippen LogP contribution in [0.15, 0.2) is 32.6 Å². The van der Waals surface area contributed by atoms with E-state index in [2.05, 4.69) is 25.9 Å². The third-order valence-corrected chi connectivity index (χ3v) is 3.89. The summed E-state index contributed by atoms with van der Waals surface area (Å²) in [5, 5.41) is 20.3. The average Bonchev–Trinajstić information content (AvgIpc) is 2.46. The van der Waals surface area contributed by atoms with Gasteiger partial charge in [-0.2, -0.15) is 5.26 Å². The second-order valence-electron chi connectivity index (χ2n) is 3.83. The zero-order valence-corrected chi connectivity index (χ0v) is 13.0. The van der Waals surface area contributed by atoms with Crippen LogP contribution in [-0.4, -0.2) is 21.1 Å². The third kappa shape index (κ3) is 2.96. The van der Waals surface area contributed by atoms with Gasteiger partial charge in [0.2, 0.25) is 0 Å². The number of aromatic nitrogens is 2. The fourth-order valence-electron chi connectivity index (χ4n) is 1.66. The Morgan fingerprint density at radius 2 is 2.24 bits per heavy atom. The lowest BCUT2D eigenvalue weighted by molar-refractivity contribution is -0.384. The van der Waals surface area contributed by atoms with Crippen molar-refractivity contribution in [1.29, 1.82) is 5.26 Å². The van der Waals surface area contributed by atoms with Gasteiger partial charge < -0.3 is 4.98 Å². The molecule has 21 heavy (non-hydrogen) atoms. The van der Waals surface area contributed by atoms with E-state index in [9.17, 15) is 14.9 Å². The highest BCUT2D eigenvalue weighted by molar-refractivity contribution is 9.10. The van der Waals surface area contributed by atoms with Gasteiger partial charge in [-0.05, 0) is 12.3 Å². The van der Waals surface area contributed by atoms with E-state index in [1.54, 1.807) is 12.3 Å². The van der Waals surface area contributed by atoms with Crippen LogP contribution in [0, 0.1) is 21.4 Å². The number of aromatic amines is 1. The molecule has 0 unspecified atom stereocenters. The van der Waals surface area contributed by atoms with Crippen molar-refractivity contribution < 1.29 is 4.92 Å². The lowest BCUT2D eigenvalue weighted by atomic mass is 10.1. The lowest BCUT2D eigenvalue weighted by Gasteiger charge is -2.07. The number of thioether (sulfide) groups is 1. The summed E-state index contributed by atoms with van der Waals surface area (Å²) in [7, 11) is 0. The predicted molar refractivity (Wildman–Crippen MR) is 81.1 cm³/mol. The highest BCUT2D eigenvalue weighted by atomic mass is 79.9. The van der Waals surface area contributed by atoms with Crippen molar-refractivity contribution in [3.05, 3.63) is 48.7 Å². The fraction of sp³-hybridized carbons (Fsp3) is 0.0833. The van der Waals surface area contributed by atoms with Crippen molar-refractivity contribution in [2.75, 3.05) is 6.26 Å². The molecule has 0 bridgehead atoms. The van der Waals surface area contributed by atoms with E-state index >= 15 is 0 Å². The minimum Gasteiger partial charge on any atom is -0.300 e. The number of nitriles is 1. The number of H-pyrrole nitrogens is 1. The topological polar surface area (TPSA) is 113 Å².